The number of carboxylic acids is 1. The van der Waals surface area contributed by atoms with Crippen molar-refractivity contribution < 1.29 is 19.4 Å². The highest BCUT2D eigenvalue weighted by Gasteiger charge is 2.29. The molecule has 0 heterocycles. The number of carbonyl (C=O) groups is 2. The number of ether oxygens (including phenoxy) is 1. The van der Waals surface area contributed by atoms with Crippen LogP contribution < -0.4 is 11.1 Å². The van der Waals surface area contributed by atoms with E-state index in [1.54, 1.807) is 0 Å². The smallest absolute Gasteiger partial charge is 0.407 e. The molecule has 0 spiro atoms. The first-order valence-electron chi connectivity index (χ1n) is 7.65. The molecule has 1 aliphatic rings. The zero-order valence-corrected chi connectivity index (χ0v) is 14.2. The Morgan fingerprint density at radius 1 is 1.08 bits per heavy atom. The number of rotatable bonds is 5. The van der Waals surface area contributed by atoms with Crippen LogP contribution in [0.2, 0.25) is 0 Å². The van der Waals surface area contributed by atoms with Gasteiger partial charge < -0.3 is 20.9 Å². The fourth-order valence-electron chi connectivity index (χ4n) is 2.93. The topological polar surface area (TPSA) is 102 Å². The zero-order chi connectivity index (χ0) is 17.1. The van der Waals surface area contributed by atoms with E-state index in [2.05, 4.69) is 17.4 Å². The summed E-state index contributed by atoms with van der Waals surface area (Å²) < 4.78 is 5.27. The van der Waals surface area contributed by atoms with Crippen LogP contribution >= 0.6 is 12.4 Å². The number of fused-ring (bicyclic) bond motifs is 3. The summed E-state index contributed by atoms with van der Waals surface area (Å²) in [6, 6.07) is 14.9. The molecule has 3 rings (SSSR count). The molecule has 0 aromatic heterocycles. The second-order valence-corrected chi connectivity index (χ2v) is 5.65. The third-order valence-corrected chi connectivity index (χ3v) is 4.13. The van der Waals surface area contributed by atoms with Crippen molar-refractivity contribution in [3.63, 3.8) is 0 Å². The van der Waals surface area contributed by atoms with Gasteiger partial charge in [-0.25, -0.2) is 4.79 Å². The van der Waals surface area contributed by atoms with Crippen molar-refractivity contribution in [3.8, 4) is 11.1 Å². The van der Waals surface area contributed by atoms with Gasteiger partial charge in [0.2, 0.25) is 0 Å². The van der Waals surface area contributed by atoms with Gasteiger partial charge in [-0.15, -0.1) is 12.4 Å². The first-order valence-corrected chi connectivity index (χ1v) is 7.65. The SMILES string of the molecule is Cl.N[C@H](CNC(=O)OCC1c2ccccc2-c2ccccc21)C(=O)O. The average molecular weight is 363 g/mol. The summed E-state index contributed by atoms with van der Waals surface area (Å²) in [4.78, 5) is 22.4. The summed E-state index contributed by atoms with van der Waals surface area (Å²) in [5.41, 5.74) is 9.87. The van der Waals surface area contributed by atoms with Gasteiger partial charge in [0.05, 0.1) is 0 Å². The maximum Gasteiger partial charge on any atom is 0.407 e. The normalized spacial score (nSPS) is 13.2. The molecule has 0 bridgehead atoms. The van der Waals surface area contributed by atoms with Crippen molar-refractivity contribution in [2.75, 3.05) is 13.2 Å². The number of alkyl carbamates (subject to hydrolysis) is 1. The van der Waals surface area contributed by atoms with Crippen molar-refractivity contribution in [2.24, 2.45) is 5.73 Å². The lowest BCUT2D eigenvalue weighted by Gasteiger charge is -2.15. The van der Waals surface area contributed by atoms with Crippen LogP contribution in [-0.4, -0.2) is 36.4 Å². The molecule has 1 aliphatic carbocycles. The predicted molar refractivity (Wildman–Crippen MR) is 95.9 cm³/mol. The average Bonchev–Trinajstić information content (AvgIpc) is 2.92. The summed E-state index contributed by atoms with van der Waals surface area (Å²) >= 11 is 0. The minimum absolute atomic E-state index is 0. The number of hydrogen-bond acceptors (Lipinski definition) is 4. The second-order valence-electron chi connectivity index (χ2n) is 5.65. The molecule has 7 heteroatoms. The lowest BCUT2D eigenvalue weighted by molar-refractivity contribution is -0.138. The number of benzene rings is 2. The van der Waals surface area contributed by atoms with E-state index in [4.69, 9.17) is 15.6 Å². The van der Waals surface area contributed by atoms with E-state index in [1.165, 1.54) is 0 Å². The highest BCUT2D eigenvalue weighted by molar-refractivity contribution is 5.85. The molecule has 2 aromatic rings. The Balaban J connectivity index is 0.00000225. The van der Waals surface area contributed by atoms with E-state index < -0.39 is 18.1 Å². The number of carbonyl (C=O) groups excluding carboxylic acids is 1. The Morgan fingerprint density at radius 2 is 1.60 bits per heavy atom. The highest BCUT2D eigenvalue weighted by atomic mass is 35.5. The van der Waals surface area contributed by atoms with E-state index in [0.29, 0.717) is 0 Å². The van der Waals surface area contributed by atoms with Gasteiger partial charge in [-0.3, -0.25) is 4.79 Å². The van der Waals surface area contributed by atoms with Crippen molar-refractivity contribution in [2.45, 2.75) is 12.0 Å². The molecule has 25 heavy (non-hydrogen) atoms. The summed E-state index contributed by atoms with van der Waals surface area (Å²) in [5, 5.41) is 11.1. The first kappa shape index (κ1) is 18.8. The van der Waals surface area contributed by atoms with E-state index in [1.807, 2.05) is 36.4 Å². The van der Waals surface area contributed by atoms with Gasteiger partial charge in [0, 0.05) is 12.5 Å². The number of hydrogen-bond donors (Lipinski definition) is 3. The van der Waals surface area contributed by atoms with Crippen LogP contribution in [0.25, 0.3) is 11.1 Å². The Kier molecular flexibility index (Phi) is 6.01. The summed E-state index contributed by atoms with van der Waals surface area (Å²) in [7, 11) is 0. The molecule has 132 valence electrons. The quantitative estimate of drug-likeness (QED) is 0.757. The molecular formula is C18H19ClN2O4. The molecule has 0 aliphatic heterocycles. The highest BCUT2D eigenvalue weighted by Crippen LogP contribution is 2.44. The number of nitrogens with two attached hydrogens (primary N) is 1. The zero-order valence-electron chi connectivity index (χ0n) is 13.3. The van der Waals surface area contributed by atoms with Crippen molar-refractivity contribution in [1.29, 1.82) is 0 Å². The Labute approximate surface area is 151 Å². The minimum atomic E-state index is -1.17. The Morgan fingerprint density at radius 3 is 2.12 bits per heavy atom. The first-order chi connectivity index (χ1) is 11.6. The minimum Gasteiger partial charge on any atom is -0.480 e. The molecular weight excluding hydrogens is 344 g/mol. The van der Waals surface area contributed by atoms with Crippen LogP contribution in [0.3, 0.4) is 0 Å². The van der Waals surface area contributed by atoms with Crippen LogP contribution in [0.1, 0.15) is 17.0 Å². The molecule has 0 fully saturated rings. The number of aliphatic carboxylic acids is 1. The van der Waals surface area contributed by atoms with Crippen LogP contribution in [0.4, 0.5) is 4.79 Å². The van der Waals surface area contributed by atoms with Crippen LogP contribution in [-0.2, 0) is 9.53 Å². The molecule has 0 unspecified atom stereocenters. The van der Waals surface area contributed by atoms with Crippen molar-refractivity contribution in [1.82, 2.24) is 5.32 Å². The predicted octanol–water partition coefficient (Wildman–Crippen LogP) is 2.36. The van der Waals surface area contributed by atoms with E-state index >= 15 is 0 Å². The number of halogens is 1. The van der Waals surface area contributed by atoms with Crippen LogP contribution in [0, 0.1) is 0 Å². The number of amides is 1. The van der Waals surface area contributed by atoms with Gasteiger partial charge >= 0.3 is 12.1 Å². The molecule has 0 saturated carbocycles. The lowest BCUT2D eigenvalue weighted by atomic mass is 9.98. The third-order valence-electron chi connectivity index (χ3n) is 4.13. The Hall–Kier alpha value is -2.57. The molecule has 6 nitrogen and oxygen atoms in total. The standard InChI is InChI=1S/C18H18N2O4.ClH/c19-16(17(21)22)9-20-18(23)24-10-15-13-7-3-1-5-11(13)12-6-2-4-8-14(12)15;/h1-8,15-16H,9-10,19H2,(H,20,23)(H,21,22);1H/t16-;/m1./s1. The van der Waals surface area contributed by atoms with Gasteiger partial charge in [-0.1, -0.05) is 48.5 Å². The van der Waals surface area contributed by atoms with Crippen LogP contribution in [0.5, 0.6) is 0 Å². The van der Waals surface area contributed by atoms with Crippen LogP contribution in [0.15, 0.2) is 48.5 Å². The second kappa shape index (κ2) is 8.00. The van der Waals surface area contributed by atoms with Gasteiger partial charge in [-0.2, -0.15) is 0 Å². The third kappa shape index (κ3) is 3.92. The lowest BCUT2D eigenvalue weighted by Crippen LogP contribution is -2.42. The molecule has 2 aromatic carbocycles. The van der Waals surface area contributed by atoms with E-state index in [0.717, 1.165) is 22.3 Å². The summed E-state index contributed by atoms with van der Waals surface area (Å²) in [6.07, 6.45) is -0.673. The summed E-state index contributed by atoms with van der Waals surface area (Å²) in [6.45, 7) is 0.00811. The van der Waals surface area contributed by atoms with Gasteiger partial charge in [-0.05, 0) is 22.3 Å². The number of carboxylic acid groups (broad SMARTS) is 1. The van der Waals surface area contributed by atoms with E-state index in [9.17, 15) is 9.59 Å². The maximum atomic E-state index is 11.8. The van der Waals surface area contributed by atoms with Crippen molar-refractivity contribution >= 4 is 24.5 Å². The van der Waals surface area contributed by atoms with Crippen molar-refractivity contribution in [3.05, 3.63) is 59.7 Å². The molecule has 0 saturated heterocycles. The maximum absolute atomic E-state index is 11.8. The fourth-order valence-corrected chi connectivity index (χ4v) is 2.93. The fraction of sp³-hybridized carbons (Fsp3) is 0.222. The molecule has 1 amide bonds. The van der Waals surface area contributed by atoms with Gasteiger partial charge in [0.1, 0.15) is 12.6 Å². The number of nitrogens with one attached hydrogen (secondary N) is 1. The van der Waals surface area contributed by atoms with Gasteiger partial charge in [0.15, 0.2) is 0 Å². The largest absolute Gasteiger partial charge is 0.480 e. The van der Waals surface area contributed by atoms with Gasteiger partial charge in [0.25, 0.3) is 0 Å². The monoisotopic (exact) mass is 362 g/mol. The molecule has 4 N–H and O–H groups in total. The Bertz CT molecular complexity index is 736. The summed E-state index contributed by atoms with van der Waals surface area (Å²) in [5.74, 6) is -1.20. The molecule has 0 radical (unpaired) electrons. The van der Waals surface area contributed by atoms with E-state index in [-0.39, 0.29) is 31.5 Å². The molecule has 1 atom stereocenters.